The largest absolute Gasteiger partial charge is 0.496 e. The number of nitrogens with zero attached hydrogens (tertiary/aromatic N) is 2. The molecule has 4 rings (SSSR count). The Kier molecular flexibility index (Phi) is 5.53. The fraction of sp³-hybridized carbons (Fsp3) is 0.200. The minimum atomic E-state index is -0.243. The molecule has 0 bridgehead atoms. The van der Waals surface area contributed by atoms with Crippen LogP contribution in [0.4, 0.5) is 5.82 Å². The number of ether oxygens (including phenoxy) is 1. The van der Waals surface area contributed by atoms with Crippen molar-refractivity contribution in [2.75, 3.05) is 12.4 Å². The minimum Gasteiger partial charge on any atom is -0.496 e. The number of nitrogens with one attached hydrogen (secondary N) is 1. The molecule has 0 aliphatic heterocycles. The Morgan fingerprint density at radius 3 is 2.57 bits per heavy atom. The third kappa shape index (κ3) is 3.66. The first-order valence-electron chi connectivity index (χ1n) is 10.1. The zero-order valence-electron chi connectivity index (χ0n) is 17.4. The maximum atomic E-state index is 13.3. The number of pyridine rings is 1. The van der Waals surface area contributed by atoms with Gasteiger partial charge in [-0.15, -0.1) is 0 Å². The first-order valence-corrected chi connectivity index (χ1v) is 10.1. The number of aromatic nitrogens is 2. The maximum Gasteiger partial charge on any atom is 0.233 e. The third-order valence-corrected chi connectivity index (χ3v) is 5.31. The normalized spacial score (nSPS) is 12.0. The lowest BCUT2D eigenvalue weighted by Crippen LogP contribution is -2.22. The molecule has 1 atom stereocenters. The Balaban J connectivity index is 1.82. The molecule has 0 saturated carbocycles. The molecule has 0 radical (unpaired) electrons. The summed E-state index contributed by atoms with van der Waals surface area (Å²) in [4.78, 5) is 18.1. The monoisotopic (exact) mass is 399 g/mol. The number of aryl methyl sites for hydroxylation is 1. The van der Waals surface area contributed by atoms with Gasteiger partial charge in [0.15, 0.2) is 0 Å². The lowest BCUT2D eigenvalue weighted by molar-refractivity contribution is -0.117. The fourth-order valence-corrected chi connectivity index (χ4v) is 3.76. The summed E-state index contributed by atoms with van der Waals surface area (Å²) in [5.41, 5.74) is 4.41. The van der Waals surface area contributed by atoms with Crippen molar-refractivity contribution >= 4 is 17.4 Å². The Bertz CT molecular complexity index is 1180. The predicted octanol–water partition coefficient (Wildman–Crippen LogP) is 5.45. The van der Waals surface area contributed by atoms with Crippen LogP contribution in [0, 0.1) is 6.92 Å². The molecule has 5 nitrogen and oxygen atoms in total. The second-order valence-electron chi connectivity index (χ2n) is 7.30. The molecule has 1 unspecified atom stereocenters. The van der Waals surface area contributed by atoms with Crippen molar-refractivity contribution < 1.29 is 9.53 Å². The van der Waals surface area contributed by atoms with Crippen molar-refractivity contribution in [3.63, 3.8) is 0 Å². The summed E-state index contributed by atoms with van der Waals surface area (Å²) in [6.45, 7) is 4.05. The van der Waals surface area contributed by atoms with E-state index in [1.54, 1.807) is 7.11 Å². The van der Waals surface area contributed by atoms with E-state index >= 15 is 0 Å². The summed E-state index contributed by atoms with van der Waals surface area (Å²) < 4.78 is 7.48. The molecule has 2 heterocycles. The van der Waals surface area contributed by atoms with Crippen molar-refractivity contribution in [1.82, 2.24) is 9.38 Å². The average Bonchev–Trinajstić information content (AvgIpc) is 3.12. The number of carbonyl (C=O) groups excluding carboxylic acids is 1. The zero-order valence-corrected chi connectivity index (χ0v) is 17.4. The fourth-order valence-electron chi connectivity index (χ4n) is 3.76. The summed E-state index contributed by atoms with van der Waals surface area (Å²) >= 11 is 0. The molecule has 2 aromatic carbocycles. The van der Waals surface area contributed by atoms with Gasteiger partial charge in [0.2, 0.25) is 5.91 Å². The molecule has 4 aromatic rings. The van der Waals surface area contributed by atoms with E-state index in [1.807, 2.05) is 91.2 Å². The molecule has 152 valence electrons. The number of hydrogen-bond acceptors (Lipinski definition) is 3. The van der Waals surface area contributed by atoms with E-state index in [4.69, 9.17) is 9.72 Å². The Morgan fingerprint density at radius 1 is 1.10 bits per heavy atom. The van der Waals surface area contributed by atoms with Gasteiger partial charge in [0.1, 0.15) is 22.9 Å². The average molecular weight is 399 g/mol. The van der Waals surface area contributed by atoms with Crippen LogP contribution in [0.1, 0.15) is 30.4 Å². The van der Waals surface area contributed by atoms with Gasteiger partial charge in [0.25, 0.3) is 0 Å². The van der Waals surface area contributed by atoms with E-state index in [0.29, 0.717) is 23.7 Å². The Morgan fingerprint density at radius 2 is 1.83 bits per heavy atom. The SMILES string of the molecule is CCC(C(=O)Nc1c(-c2ccccc2OC)nc2cc(C)ccn12)c1ccccc1. The molecule has 2 aromatic heterocycles. The van der Waals surface area contributed by atoms with Crippen LogP contribution in [0.3, 0.4) is 0 Å². The van der Waals surface area contributed by atoms with Crippen LogP contribution in [0.5, 0.6) is 5.75 Å². The summed E-state index contributed by atoms with van der Waals surface area (Å²) in [7, 11) is 1.64. The number of carbonyl (C=O) groups is 1. The van der Waals surface area contributed by atoms with Gasteiger partial charge < -0.3 is 10.1 Å². The standard InChI is InChI=1S/C25H25N3O2/c1-4-19(18-10-6-5-7-11-18)25(29)27-24-23(20-12-8-9-13-21(20)30-3)26-22-16-17(2)14-15-28(22)24/h5-16,19H,4H2,1-3H3,(H,27,29). The quantitative estimate of drug-likeness (QED) is 0.469. The van der Waals surface area contributed by atoms with E-state index in [1.165, 1.54) is 0 Å². The van der Waals surface area contributed by atoms with Crippen molar-refractivity contribution in [3.05, 3.63) is 84.1 Å². The number of methoxy groups -OCH3 is 1. The van der Waals surface area contributed by atoms with Crippen LogP contribution in [0.25, 0.3) is 16.9 Å². The van der Waals surface area contributed by atoms with Crippen LogP contribution >= 0.6 is 0 Å². The van der Waals surface area contributed by atoms with Gasteiger partial charge in [-0.3, -0.25) is 9.20 Å². The second kappa shape index (κ2) is 8.41. The van der Waals surface area contributed by atoms with Gasteiger partial charge in [-0.25, -0.2) is 4.98 Å². The molecule has 0 saturated heterocycles. The van der Waals surface area contributed by atoms with E-state index in [-0.39, 0.29) is 11.8 Å². The summed E-state index contributed by atoms with van der Waals surface area (Å²) in [5.74, 6) is 1.06. The number of imidazole rings is 1. The van der Waals surface area contributed by atoms with Crippen LogP contribution in [-0.2, 0) is 4.79 Å². The van der Waals surface area contributed by atoms with Gasteiger partial charge in [-0.1, -0.05) is 49.4 Å². The maximum absolute atomic E-state index is 13.3. The molecule has 5 heteroatoms. The first-order chi connectivity index (χ1) is 14.6. The van der Waals surface area contributed by atoms with Crippen LogP contribution in [0.2, 0.25) is 0 Å². The molecule has 0 spiro atoms. The van der Waals surface area contributed by atoms with Crippen molar-refractivity contribution in [2.45, 2.75) is 26.2 Å². The van der Waals surface area contributed by atoms with Crippen molar-refractivity contribution in [2.24, 2.45) is 0 Å². The van der Waals surface area contributed by atoms with Gasteiger partial charge >= 0.3 is 0 Å². The first kappa shape index (κ1) is 19.7. The van der Waals surface area contributed by atoms with Crippen LogP contribution in [-0.4, -0.2) is 22.4 Å². The number of rotatable bonds is 6. The smallest absolute Gasteiger partial charge is 0.233 e. The molecule has 1 amide bonds. The topological polar surface area (TPSA) is 55.6 Å². The van der Waals surface area contributed by atoms with Gasteiger partial charge in [0.05, 0.1) is 13.0 Å². The van der Waals surface area contributed by atoms with Gasteiger partial charge in [0, 0.05) is 11.8 Å². The number of hydrogen-bond donors (Lipinski definition) is 1. The molecule has 1 N–H and O–H groups in total. The lowest BCUT2D eigenvalue weighted by atomic mass is 9.95. The summed E-state index contributed by atoms with van der Waals surface area (Å²) in [6.07, 6.45) is 2.64. The number of amides is 1. The molecule has 0 aliphatic rings. The molecule has 0 aliphatic carbocycles. The van der Waals surface area contributed by atoms with E-state index in [9.17, 15) is 4.79 Å². The lowest BCUT2D eigenvalue weighted by Gasteiger charge is -2.16. The van der Waals surface area contributed by atoms with Crippen molar-refractivity contribution in [1.29, 1.82) is 0 Å². The number of anilines is 1. The number of para-hydroxylation sites is 1. The van der Waals surface area contributed by atoms with Crippen LogP contribution < -0.4 is 10.1 Å². The highest BCUT2D eigenvalue weighted by Crippen LogP contribution is 2.36. The van der Waals surface area contributed by atoms with E-state index in [2.05, 4.69) is 5.32 Å². The Labute approximate surface area is 176 Å². The van der Waals surface area contributed by atoms with Gasteiger partial charge in [-0.2, -0.15) is 0 Å². The minimum absolute atomic E-state index is 0.0535. The van der Waals surface area contributed by atoms with Crippen molar-refractivity contribution in [3.8, 4) is 17.0 Å². The third-order valence-electron chi connectivity index (χ3n) is 5.31. The van der Waals surface area contributed by atoms with E-state index < -0.39 is 0 Å². The van der Waals surface area contributed by atoms with Crippen LogP contribution in [0.15, 0.2) is 72.9 Å². The highest BCUT2D eigenvalue weighted by Gasteiger charge is 2.23. The molecule has 0 fully saturated rings. The van der Waals surface area contributed by atoms with Gasteiger partial charge in [-0.05, 0) is 48.7 Å². The summed E-state index contributed by atoms with van der Waals surface area (Å²) in [5, 5.41) is 3.16. The molecule has 30 heavy (non-hydrogen) atoms. The molecular formula is C25H25N3O2. The molecular weight excluding hydrogens is 374 g/mol. The highest BCUT2D eigenvalue weighted by molar-refractivity contribution is 5.99. The van der Waals surface area contributed by atoms with E-state index in [0.717, 1.165) is 22.3 Å². The summed E-state index contributed by atoms with van der Waals surface area (Å²) in [6, 6.07) is 21.6. The second-order valence-corrected chi connectivity index (χ2v) is 7.30. The number of fused-ring (bicyclic) bond motifs is 1. The zero-order chi connectivity index (χ0) is 21.1. The highest BCUT2D eigenvalue weighted by atomic mass is 16.5. The Hall–Kier alpha value is -3.60. The predicted molar refractivity (Wildman–Crippen MR) is 120 cm³/mol. The number of benzene rings is 2.